The highest BCUT2D eigenvalue weighted by Crippen LogP contribution is 2.07. The molecular weight excluding hydrogens is 226 g/mol. The van der Waals surface area contributed by atoms with E-state index in [0.29, 0.717) is 25.5 Å². The highest BCUT2D eigenvalue weighted by atomic mass is 16.5. The summed E-state index contributed by atoms with van der Waals surface area (Å²) in [6.07, 6.45) is 0.826. The molecule has 0 amide bonds. The van der Waals surface area contributed by atoms with Crippen LogP contribution in [-0.4, -0.2) is 42.5 Å². The van der Waals surface area contributed by atoms with Crippen LogP contribution in [0.4, 0.5) is 0 Å². The molecule has 0 saturated carbocycles. The molecule has 1 heterocycles. The maximum absolute atomic E-state index is 10.5. The zero-order valence-corrected chi connectivity index (χ0v) is 9.52. The van der Waals surface area contributed by atoms with E-state index >= 15 is 0 Å². The maximum Gasteiger partial charge on any atom is 0.371 e. The number of carboxylic acid groups (broad SMARTS) is 1. The molecule has 0 aliphatic carbocycles. The van der Waals surface area contributed by atoms with E-state index in [1.807, 2.05) is 0 Å². The van der Waals surface area contributed by atoms with E-state index in [9.17, 15) is 4.79 Å². The summed E-state index contributed by atoms with van der Waals surface area (Å²) >= 11 is 0. The minimum atomic E-state index is -1.06. The molecule has 3 N–H and O–H groups in total. The summed E-state index contributed by atoms with van der Waals surface area (Å²) < 4.78 is 10.1. The van der Waals surface area contributed by atoms with Gasteiger partial charge in [-0.05, 0) is 25.1 Å². The van der Waals surface area contributed by atoms with Gasteiger partial charge in [-0.3, -0.25) is 0 Å². The Morgan fingerprint density at radius 2 is 2.24 bits per heavy atom. The van der Waals surface area contributed by atoms with E-state index in [4.69, 9.17) is 19.4 Å². The lowest BCUT2D eigenvalue weighted by atomic mass is 10.4. The number of carbonyl (C=O) groups is 1. The van der Waals surface area contributed by atoms with Gasteiger partial charge in [-0.2, -0.15) is 0 Å². The lowest BCUT2D eigenvalue weighted by molar-refractivity contribution is 0.0660. The van der Waals surface area contributed by atoms with Gasteiger partial charge in [0.05, 0.1) is 19.8 Å². The fourth-order valence-corrected chi connectivity index (χ4v) is 1.27. The zero-order chi connectivity index (χ0) is 12.5. The van der Waals surface area contributed by atoms with Crippen LogP contribution in [0.1, 0.15) is 22.7 Å². The summed E-state index contributed by atoms with van der Waals surface area (Å²) in [4.78, 5) is 10.5. The average molecular weight is 243 g/mol. The Hall–Kier alpha value is -1.37. The van der Waals surface area contributed by atoms with E-state index < -0.39 is 5.97 Å². The van der Waals surface area contributed by atoms with Gasteiger partial charge in [0.15, 0.2) is 0 Å². The average Bonchev–Trinajstić information content (AvgIpc) is 2.77. The largest absolute Gasteiger partial charge is 0.475 e. The Morgan fingerprint density at radius 3 is 2.88 bits per heavy atom. The van der Waals surface area contributed by atoms with Crippen LogP contribution in [-0.2, 0) is 11.3 Å². The minimum absolute atomic E-state index is 0.0395. The second kappa shape index (κ2) is 7.83. The van der Waals surface area contributed by atoms with E-state index in [1.165, 1.54) is 6.07 Å². The summed E-state index contributed by atoms with van der Waals surface area (Å²) in [6, 6.07) is 3.07. The van der Waals surface area contributed by atoms with Crippen LogP contribution in [0.15, 0.2) is 16.5 Å². The van der Waals surface area contributed by atoms with Crippen LogP contribution in [0, 0.1) is 0 Å². The molecular formula is C11H17NO5. The monoisotopic (exact) mass is 243 g/mol. The molecule has 6 nitrogen and oxygen atoms in total. The number of furan rings is 1. The molecule has 96 valence electrons. The second-order valence-corrected chi connectivity index (χ2v) is 3.44. The minimum Gasteiger partial charge on any atom is -0.475 e. The van der Waals surface area contributed by atoms with Crippen LogP contribution in [0.25, 0.3) is 0 Å². The summed E-state index contributed by atoms with van der Waals surface area (Å²) in [5.41, 5.74) is 0. The number of rotatable bonds is 9. The second-order valence-electron chi connectivity index (χ2n) is 3.44. The van der Waals surface area contributed by atoms with Gasteiger partial charge in [0.1, 0.15) is 5.76 Å². The van der Waals surface area contributed by atoms with Crippen molar-refractivity contribution in [2.75, 3.05) is 26.4 Å². The lowest BCUT2D eigenvalue weighted by Crippen LogP contribution is -2.16. The van der Waals surface area contributed by atoms with Crippen molar-refractivity contribution in [2.24, 2.45) is 0 Å². The molecule has 17 heavy (non-hydrogen) atoms. The van der Waals surface area contributed by atoms with Crippen LogP contribution in [0.2, 0.25) is 0 Å². The number of hydrogen-bond acceptors (Lipinski definition) is 5. The van der Waals surface area contributed by atoms with Crippen LogP contribution < -0.4 is 5.32 Å². The van der Waals surface area contributed by atoms with Crippen LogP contribution in [0.5, 0.6) is 0 Å². The number of carboxylic acids is 1. The Bertz CT molecular complexity index is 336. The van der Waals surface area contributed by atoms with Crippen molar-refractivity contribution in [3.63, 3.8) is 0 Å². The molecule has 1 aromatic heterocycles. The number of aliphatic hydroxyl groups is 1. The molecule has 0 atom stereocenters. The van der Waals surface area contributed by atoms with Gasteiger partial charge in [-0.25, -0.2) is 4.79 Å². The van der Waals surface area contributed by atoms with Crippen molar-refractivity contribution >= 4 is 5.97 Å². The summed E-state index contributed by atoms with van der Waals surface area (Å²) in [7, 11) is 0. The van der Waals surface area contributed by atoms with E-state index in [0.717, 1.165) is 13.0 Å². The topological polar surface area (TPSA) is 91.9 Å². The molecule has 0 aliphatic heterocycles. The third kappa shape index (κ3) is 5.48. The molecule has 0 radical (unpaired) electrons. The fourth-order valence-electron chi connectivity index (χ4n) is 1.27. The van der Waals surface area contributed by atoms with E-state index in [1.54, 1.807) is 6.07 Å². The van der Waals surface area contributed by atoms with Gasteiger partial charge < -0.3 is 24.7 Å². The van der Waals surface area contributed by atoms with Crippen LogP contribution >= 0.6 is 0 Å². The third-order valence-corrected chi connectivity index (χ3v) is 2.05. The lowest BCUT2D eigenvalue weighted by Gasteiger charge is -2.03. The molecule has 0 aliphatic rings. The van der Waals surface area contributed by atoms with Gasteiger partial charge in [-0.1, -0.05) is 0 Å². The maximum atomic E-state index is 10.5. The van der Waals surface area contributed by atoms with E-state index in [-0.39, 0.29) is 12.4 Å². The predicted molar refractivity (Wildman–Crippen MR) is 59.9 cm³/mol. The summed E-state index contributed by atoms with van der Waals surface area (Å²) in [6.45, 7) is 2.23. The Kier molecular flexibility index (Phi) is 6.31. The van der Waals surface area contributed by atoms with Crippen molar-refractivity contribution in [1.82, 2.24) is 5.32 Å². The molecule has 0 bridgehead atoms. The Labute approximate surface area is 99.2 Å². The molecule has 0 saturated heterocycles. The highest BCUT2D eigenvalue weighted by molar-refractivity contribution is 5.84. The predicted octanol–water partition coefficient (Wildman–Crippen LogP) is 0.466. The molecule has 0 aromatic carbocycles. The fraction of sp³-hybridized carbons (Fsp3) is 0.545. The molecule has 6 heteroatoms. The van der Waals surface area contributed by atoms with Crippen molar-refractivity contribution in [3.05, 3.63) is 23.7 Å². The molecule has 0 unspecified atom stereocenters. The van der Waals surface area contributed by atoms with Gasteiger partial charge in [-0.15, -0.1) is 0 Å². The molecule has 0 spiro atoms. The number of nitrogens with one attached hydrogen (secondary N) is 1. The highest BCUT2D eigenvalue weighted by Gasteiger charge is 2.07. The first-order chi connectivity index (χ1) is 8.24. The quantitative estimate of drug-likeness (QED) is 0.546. The number of ether oxygens (including phenoxy) is 1. The third-order valence-electron chi connectivity index (χ3n) is 2.05. The number of aromatic carboxylic acids is 1. The first-order valence-electron chi connectivity index (χ1n) is 5.45. The first kappa shape index (κ1) is 13.7. The summed E-state index contributed by atoms with van der Waals surface area (Å²) in [5.74, 6) is -0.514. The standard InChI is InChI=1S/C11H17NO5/c13-5-7-16-6-1-4-12-8-9-2-3-10(17-9)11(14)15/h2-3,12-13H,1,4-8H2,(H,14,15). The van der Waals surface area contributed by atoms with E-state index in [2.05, 4.69) is 5.32 Å². The number of hydrogen-bond donors (Lipinski definition) is 3. The zero-order valence-electron chi connectivity index (χ0n) is 9.52. The molecule has 1 rings (SSSR count). The normalized spacial score (nSPS) is 10.6. The van der Waals surface area contributed by atoms with Gasteiger partial charge in [0.25, 0.3) is 0 Å². The first-order valence-corrected chi connectivity index (χ1v) is 5.45. The Balaban J connectivity index is 2.07. The van der Waals surface area contributed by atoms with Crippen molar-refractivity contribution < 1.29 is 24.2 Å². The number of aliphatic hydroxyl groups excluding tert-OH is 1. The van der Waals surface area contributed by atoms with Gasteiger partial charge >= 0.3 is 5.97 Å². The van der Waals surface area contributed by atoms with Crippen molar-refractivity contribution in [3.8, 4) is 0 Å². The van der Waals surface area contributed by atoms with Gasteiger partial charge in [0, 0.05) is 6.61 Å². The molecule has 1 aromatic rings. The van der Waals surface area contributed by atoms with Gasteiger partial charge in [0.2, 0.25) is 5.76 Å². The smallest absolute Gasteiger partial charge is 0.371 e. The molecule has 0 fully saturated rings. The summed E-state index contributed by atoms with van der Waals surface area (Å²) in [5, 5.41) is 20.2. The van der Waals surface area contributed by atoms with Crippen molar-refractivity contribution in [2.45, 2.75) is 13.0 Å². The Morgan fingerprint density at radius 1 is 1.41 bits per heavy atom. The van der Waals surface area contributed by atoms with Crippen LogP contribution in [0.3, 0.4) is 0 Å². The van der Waals surface area contributed by atoms with Crippen molar-refractivity contribution in [1.29, 1.82) is 0 Å². The SMILES string of the molecule is O=C(O)c1ccc(CNCCCOCCO)o1.